The fourth-order valence-electron chi connectivity index (χ4n) is 1.90. The largest absolute Gasteiger partial charge is 0.494 e. The van der Waals surface area contributed by atoms with E-state index in [1.807, 2.05) is 19.1 Å². The molecule has 0 aliphatic carbocycles. The van der Waals surface area contributed by atoms with Crippen LogP contribution in [0.25, 0.3) is 0 Å². The molecule has 3 nitrogen and oxygen atoms in total. The predicted molar refractivity (Wildman–Crippen MR) is 83.4 cm³/mol. The molecule has 1 unspecified atom stereocenters. The van der Waals surface area contributed by atoms with Crippen molar-refractivity contribution in [3.8, 4) is 5.75 Å². The molecule has 0 saturated carbocycles. The first-order valence-corrected chi connectivity index (χ1v) is 7.77. The number of halogens is 1. The van der Waals surface area contributed by atoms with Gasteiger partial charge in [-0.15, -0.1) is 11.3 Å². The third-order valence-corrected chi connectivity index (χ3v) is 4.47. The normalized spacial score (nSPS) is 12.4. The van der Waals surface area contributed by atoms with Crippen LogP contribution in [0.3, 0.4) is 0 Å². The number of hydrogen-bond donors (Lipinski definition) is 2. The highest BCUT2D eigenvalue weighted by Crippen LogP contribution is 2.27. The van der Waals surface area contributed by atoms with Gasteiger partial charge in [-0.1, -0.05) is 12.1 Å². The zero-order valence-corrected chi connectivity index (χ0v) is 13.1. The van der Waals surface area contributed by atoms with Gasteiger partial charge in [-0.2, -0.15) is 0 Å². The van der Waals surface area contributed by atoms with Gasteiger partial charge in [0.1, 0.15) is 5.75 Å². The standard InChI is InChI=1S/C14H17BrN2OS/c1-2-18-11-5-3-10(4-6-11)13(17-16)9-12-7-8-14(15)19-12/h3-8,13,17H,2,9,16H2,1H3. The van der Waals surface area contributed by atoms with Crippen molar-refractivity contribution in [3.05, 3.63) is 50.6 Å². The van der Waals surface area contributed by atoms with Gasteiger partial charge in [-0.3, -0.25) is 11.3 Å². The van der Waals surface area contributed by atoms with Crippen molar-refractivity contribution < 1.29 is 4.74 Å². The molecule has 0 aliphatic rings. The van der Waals surface area contributed by atoms with Gasteiger partial charge in [-0.25, -0.2) is 0 Å². The summed E-state index contributed by atoms with van der Waals surface area (Å²) < 4.78 is 6.58. The molecule has 0 aliphatic heterocycles. The predicted octanol–water partition coefficient (Wildman–Crippen LogP) is 3.66. The van der Waals surface area contributed by atoms with E-state index < -0.39 is 0 Å². The average Bonchev–Trinajstić information content (AvgIpc) is 2.83. The Balaban J connectivity index is 2.08. The molecule has 0 radical (unpaired) electrons. The fourth-order valence-corrected chi connectivity index (χ4v) is 3.43. The van der Waals surface area contributed by atoms with E-state index in [-0.39, 0.29) is 6.04 Å². The minimum Gasteiger partial charge on any atom is -0.494 e. The van der Waals surface area contributed by atoms with Gasteiger partial charge >= 0.3 is 0 Å². The molecule has 2 rings (SSSR count). The van der Waals surface area contributed by atoms with Gasteiger partial charge in [0.2, 0.25) is 0 Å². The lowest BCUT2D eigenvalue weighted by Gasteiger charge is -2.16. The summed E-state index contributed by atoms with van der Waals surface area (Å²) in [6, 6.07) is 12.4. The molecule has 1 heterocycles. The summed E-state index contributed by atoms with van der Waals surface area (Å²) in [7, 11) is 0. The summed E-state index contributed by atoms with van der Waals surface area (Å²) in [5, 5.41) is 0. The smallest absolute Gasteiger partial charge is 0.119 e. The molecular weight excluding hydrogens is 324 g/mol. The summed E-state index contributed by atoms with van der Waals surface area (Å²) in [6.07, 6.45) is 0.876. The van der Waals surface area contributed by atoms with E-state index >= 15 is 0 Å². The monoisotopic (exact) mass is 340 g/mol. The number of rotatable bonds is 6. The lowest BCUT2D eigenvalue weighted by Crippen LogP contribution is -2.29. The average molecular weight is 341 g/mol. The van der Waals surface area contributed by atoms with Crippen molar-refractivity contribution in [2.75, 3.05) is 6.61 Å². The summed E-state index contributed by atoms with van der Waals surface area (Å²) >= 11 is 5.21. The second-order valence-electron chi connectivity index (χ2n) is 4.13. The minimum atomic E-state index is 0.112. The summed E-state index contributed by atoms with van der Waals surface area (Å²) in [6.45, 7) is 2.66. The van der Waals surface area contributed by atoms with Crippen molar-refractivity contribution >= 4 is 27.3 Å². The van der Waals surface area contributed by atoms with E-state index in [1.54, 1.807) is 11.3 Å². The molecule has 3 N–H and O–H groups in total. The Morgan fingerprint density at radius 2 is 2.00 bits per heavy atom. The highest BCUT2D eigenvalue weighted by molar-refractivity contribution is 9.11. The van der Waals surface area contributed by atoms with Crippen LogP contribution < -0.4 is 16.0 Å². The summed E-state index contributed by atoms with van der Waals surface area (Å²) in [5.74, 6) is 6.56. The second kappa shape index (κ2) is 7.05. The van der Waals surface area contributed by atoms with Gasteiger partial charge < -0.3 is 4.74 Å². The Morgan fingerprint density at radius 1 is 1.26 bits per heavy atom. The molecule has 0 saturated heterocycles. The Morgan fingerprint density at radius 3 is 2.53 bits per heavy atom. The van der Waals surface area contributed by atoms with E-state index in [2.05, 4.69) is 45.6 Å². The van der Waals surface area contributed by atoms with E-state index in [4.69, 9.17) is 10.6 Å². The minimum absolute atomic E-state index is 0.112. The van der Waals surface area contributed by atoms with Gasteiger partial charge in [0.05, 0.1) is 16.4 Å². The van der Waals surface area contributed by atoms with Crippen LogP contribution in [0.1, 0.15) is 23.4 Å². The van der Waals surface area contributed by atoms with E-state index in [0.29, 0.717) is 6.61 Å². The van der Waals surface area contributed by atoms with E-state index in [1.165, 1.54) is 4.88 Å². The van der Waals surface area contributed by atoms with Crippen LogP contribution in [0, 0.1) is 0 Å². The van der Waals surface area contributed by atoms with Crippen molar-refractivity contribution in [1.29, 1.82) is 0 Å². The number of nitrogens with one attached hydrogen (secondary N) is 1. The van der Waals surface area contributed by atoms with Crippen LogP contribution in [-0.2, 0) is 6.42 Å². The molecule has 1 aromatic carbocycles. The maximum Gasteiger partial charge on any atom is 0.119 e. The molecule has 19 heavy (non-hydrogen) atoms. The molecule has 0 fully saturated rings. The lowest BCUT2D eigenvalue weighted by molar-refractivity contribution is 0.340. The number of benzene rings is 1. The molecule has 102 valence electrons. The maximum absolute atomic E-state index is 5.67. The Kier molecular flexibility index (Phi) is 5.39. The van der Waals surface area contributed by atoms with Gasteiger partial charge in [0.15, 0.2) is 0 Å². The van der Waals surface area contributed by atoms with Crippen LogP contribution in [0.15, 0.2) is 40.2 Å². The third kappa shape index (κ3) is 4.04. The van der Waals surface area contributed by atoms with Gasteiger partial charge in [0.25, 0.3) is 0 Å². The zero-order chi connectivity index (χ0) is 13.7. The van der Waals surface area contributed by atoms with Gasteiger partial charge in [-0.05, 0) is 52.7 Å². The van der Waals surface area contributed by atoms with Crippen molar-refractivity contribution in [1.82, 2.24) is 5.43 Å². The van der Waals surface area contributed by atoms with Crippen molar-refractivity contribution in [2.24, 2.45) is 5.84 Å². The maximum atomic E-state index is 5.67. The number of hydrazine groups is 1. The van der Waals surface area contributed by atoms with E-state index in [0.717, 1.165) is 21.5 Å². The van der Waals surface area contributed by atoms with Gasteiger partial charge in [0, 0.05) is 11.3 Å². The number of thiophene rings is 1. The molecule has 5 heteroatoms. The molecule has 2 aromatic rings. The van der Waals surface area contributed by atoms with Crippen molar-refractivity contribution in [3.63, 3.8) is 0 Å². The Labute approximate surface area is 125 Å². The van der Waals surface area contributed by atoms with Crippen LogP contribution in [-0.4, -0.2) is 6.61 Å². The summed E-state index contributed by atoms with van der Waals surface area (Å²) in [4.78, 5) is 1.30. The summed E-state index contributed by atoms with van der Waals surface area (Å²) in [5.41, 5.74) is 4.04. The third-order valence-electron chi connectivity index (χ3n) is 2.83. The molecular formula is C14H17BrN2OS. The Bertz CT molecular complexity index is 512. The SMILES string of the molecule is CCOc1ccc(C(Cc2ccc(Br)s2)NN)cc1. The lowest BCUT2D eigenvalue weighted by atomic mass is 10.0. The van der Waals surface area contributed by atoms with Crippen LogP contribution in [0.2, 0.25) is 0 Å². The highest BCUT2D eigenvalue weighted by Gasteiger charge is 2.12. The van der Waals surface area contributed by atoms with E-state index in [9.17, 15) is 0 Å². The van der Waals surface area contributed by atoms with Crippen LogP contribution >= 0.6 is 27.3 Å². The number of ether oxygens (including phenoxy) is 1. The van der Waals surface area contributed by atoms with Crippen molar-refractivity contribution in [2.45, 2.75) is 19.4 Å². The molecule has 1 atom stereocenters. The molecule has 0 bridgehead atoms. The zero-order valence-electron chi connectivity index (χ0n) is 10.7. The number of nitrogens with two attached hydrogens (primary N) is 1. The topological polar surface area (TPSA) is 47.3 Å². The number of hydrogen-bond acceptors (Lipinski definition) is 4. The first-order valence-electron chi connectivity index (χ1n) is 6.16. The first kappa shape index (κ1) is 14.5. The van der Waals surface area contributed by atoms with Crippen LogP contribution in [0.5, 0.6) is 5.75 Å². The molecule has 1 aromatic heterocycles. The Hall–Kier alpha value is -0.880. The highest BCUT2D eigenvalue weighted by atomic mass is 79.9. The van der Waals surface area contributed by atoms with Crippen LogP contribution in [0.4, 0.5) is 0 Å². The second-order valence-corrected chi connectivity index (χ2v) is 6.68. The molecule has 0 spiro atoms. The quantitative estimate of drug-likeness (QED) is 0.623. The fraction of sp³-hybridized carbons (Fsp3) is 0.286. The first-order chi connectivity index (χ1) is 9.22. The molecule has 0 amide bonds.